The maximum atomic E-state index is 10.8. The molecule has 19 heavy (non-hydrogen) atoms. The summed E-state index contributed by atoms with van der Waals surface area (Å²) in [5, 5.41) is 3.59. The predicted octanol–water partition coefficient (Wildman–Crippen LogP) is 1.64. The Morgan fingerprint density at radius 3 is 2.26 bits per heavy atom. The van der Waals surface area contributed by atoms with Crippen LogP contribution in [-0.2, 0) is 17.6 Å². The van der Waals surface area contributed by atoms with E-state index in [1.807, 2.05) is 0 Å². The van der Waals surface area contributed by atoms with Crippen LogP contribution in [0, 0.1) is 11.8 Å². The summed E-state index contributed by atoms with van der Waals surface area (Å²) in [4.78, 5) is 10.8. The number of carbonyl (C=O) groups excluding carboxylic acids is 1. The molecule has 2 aliphatic carbocycles. The summed E-state index contributed by atoms with van der Waals surface area (Å²) in [6.45, 7) is 0.726. The maximum absolute atomic E-state index is 10.8. The molecule has 0 aromatic heterocycles. The largest absolute Gasteiger partial charge is 0.370 e. The molecule has 1 saturated carbocycles. The molecular weight excluding hydrogens is 236 g/mol. The number of carbonyl (C=O) groups is 1. The Hall–Kier alpha value is -1.35. The number of amides is 1. The van der Waals surface area contributed by atoms with E-state index in [-0.39, 0.29) is 5.91 Å². The van der Waals surface area contributed by atoms with Gasteiger partial charge in [0, 0.05) is 19.0 Å². The zero-order chi connectivity index (χ0) is 13.2. The minimum absolute atomic E-state index is 0.211. The molecule has 1 amide bonds. The molecule has 3 nitrogen and oxygen atoms in total. The van der Waals surface area contributed by atoms with Crippen LogP contribution < -0.4 is 11.1 Å². The van der Waals surface area contributed by atoms with E-state index < -0.39 is 0 Å². The smallest absolute Gasteiger partial charge is 0.218 e. The van der Waals surface area contributed by atoms with Gasteiger partial charge in [0.2, 0.25) is 5.91 Å². The molecule has 1 aromatic rings. The molecule has 1 fully saturated rings. The fourth-order valence-corrected chi connectivity index (χ4v) is 3.85. The summed E-state index contributed by atoms with van der Waals surface area (Å²) >= 11 is 0. The second kappa shape index (κ2) is 5.33. The molecule has 0 spiro atoms. The number of hydrogen-bond acceptors (Lipinski definition) is 2. The Balaban J connectivity index is 1.70. The molecule has 0 heterocycles. The van der Waals surface area contributed by atoms with E-state index in [0.717, 1.165) is 18.4 Å². The van der Waals surface area contributed by atoms with Crippen LogP contribution in [0.4, 0.5) is 0 Å². The molecule has 3 N–H and O–H groups in total. The second-order valence-electron chi connectivity index (χ2n) is 5.97. The summed E-state index contributed by atoms with van der Waals surface area (Å²) < 4.78 is 0. The number of benzene rings is 1. The van der Waals surface area contributed by atoms with Crippen molar-refractivity contribution in [2.75, 3.05) is 6.54 Å². The van der Waals surface area contributed by atoms with E-state index in [0.29, 0.717) is 12.5 Å². The first-order valence-corrected chi connectivity index (χ1v) is 7.32. The lowest BCUT2D eigenvalue weighted by atomic mass is 9.94. The van der Waals surface area contributed by atoms with Gasteiger partial charge in [-0.25, -0.2) is 0 Å². The third-order valence-corrected chi connectivity index (χ3v) is 4.76. The van der Waals surface area contributed by atoms with E-state index in [9.17, 15) is 4.79 Å². The molecule has 2 unspecified atom stereocenters. The first-order chi connectivity index (χ1) is 9.24. The Kier molecular flexibility index (Phi) is 3.56. The summed E-state index contributed by atoms with van der Waals surface area (Å²) in [7, 11) is 0. The van der Waals surface area contributed by atoms with E-state index in [2.05, 4.69) is 29.6 Å². The highest BCUT2D eigenvalue weighted by atomic mass is 16.1. The van der Waals surface area contributed by atoms with Gasteiger partial charge in [-0.1, -0.05) is 24.3 Å². The Bertz CT molecular complexity index is 439. The van der Waals surface area contributed by atoms with Crippen molar-refractivity contribution in [1.29, 1.82) is 0 Å². The van der Waals surface area contributed by atoms with Crippen molar-refractivity contribution in [3.8, 4) is 0 Å². The summed E-state index contributed by atoms with van der Waals surface area (Å²) in [6, 6.07) is 9.40. The molecule has 102 valence electrons. The molecule has 2 atom stereocenters. The van der Waals surface area contributed by atoms with Gasteiger partial charge in [-0.3, -0.25) is 4.79 Å². The van der Waals surface area contributed by atoms with Gasteiger partial charge in [0.15, 0.2) is 0 Å². The van der Waals surface area contributed by atoms with Crippen molar-refractivity contribution in [3.05, 3.63) is 35.4 Å². The molecule has 0 radical (unpaired) electrons. The SMILES string of the molecule is NC(=O)CCNC1C2CCC1Cc1ccccc1C2. The summed E-state index contributed by atoms with van der Waals surface area (Å²) in [6.07, 6.45) is 5.44. The third kappa shape index (κ3) is 2.66. The van der Waals surface area contributed by atoms with E-state index in [1.165, 1.54) is 36.8 Å². The average molecular weight is 258 g/mol. The summed E-state index contributed by atoms with van der Waals surface area (Å²) in [5.74, 6) is 1.24. The highest BCUT2D eigenvalue weighted by Crippen LogP contribution is 2.39. The van der Waals surface area contributed by atoms with Gasteiger partial charge in [-0.15, -0.1) is 0 Å². The molecule has 3 heteroatoms. The van der Waals surface area contributed by atoms with Crippen LogP contribution in [-0.4, -0.2) is 18.5 Å². The van der Waals surface area contributed by atoms with Crippen LogP contribution in [0.3, 0.4) is 0 Å². The van der Waals surface area contributed by atoms with Crippen molar-refractivity contribution in [1.82, 2.24) is 5.32 Å². The predicted molar refractivity (Wildman–Crippen MR) is 75.7 cm³/mol. The number of nitrogens with two attached hydrogens (primary N) is 1. The molecule has 3 rings (SSSR count). The van der Waals surface area contributed by atoms with Gasteiger partial charge < -0.3 is 11.1 Å². The normalized spacial score (nSPS) is 28.7. The molecule has 2 aliphatic rings. The number of primary amides is 1. The van der Waals surface area contributed by atoms with Gasteiger partial charge in [-0.2, -0.15) is 0 Å². The van der Waals surface area contributed by atoms with Gasteiger partial charge in [0.05, 0.1) is 0 Å². The Morgan fingerprint density at radius 1 is 1.16 bits per heavy atom. The number of fused-ring (bicyclic) bond motifs is 3. The van der Waals surface area contributed by atoms with Gasteiger partial charge in [0.1, 0.15) is 0 Å². The first-order valence-electron chi connectivity index (χ1n) is 7.32. The van der Waals surface area contributed by atoms with Crippen LogP contribution >= 0.6 is 0 Å². The van der Waals surface area contributed by atoms with Crippen LogP contribution in [0.1, 0.15) is 30.4 Å². The average Bonchev–Trinajstić information content (AvgIpc) is 2.65. The van der Waals surface area contributed by atoms with Crippen LogP contribution in [0.5, 0.6) is 0 Å². The van der Waals surface area contributed by atoms with Crippen LogP contribution in [0.15, 0.2) is 24.3 Å². The molecular formula is C16H22N2O. The van der Waals surface area contributed by atoms with E-state index in [1.54, 1.807) is 0 Å². The van der Waals surface area contributed by atoms with Crippen molar-refractivity contribution in [2.24, 2.45) is 17.6 Å². The Labute approximate surface area is 114 Å². The van der Waals surface area contributed by atoms with Gasteiger partial charge in [-0.05, 0) is 48.6 Å². The van der Waals surface area contributed by atoms with Crippen LogP contribution in [0.2, 0.25) is 0 Å². The third-order valence-electron chi connectivity index (χ3n) is 4.76. The van der Waals surface area contributed by atoms with E-state index >= 15 is 0 Å². The molecule has 0 aliphatic heterocycles. The first kappa shape index (κ1) is 12.7. The van der Waals surface area contributed by atoms with Crippen LogP contribution in [0.25, 0.3) is 0 Å². The zero-order valence-corrected chi connectivity index (χ0v) is 11.3. The second-order valence-corrected chi connectivity index (χ2v) is 5.97. The fourth-order valence-electron chi connectivity index (χ4n) is 3.85. The fraction of sp³-hybridized carbons (Fsp3) is 0.562. The lowest BCUT2D eigenvalue weighted by molar-refractivity contribution is -0.117. The topological polar surface area (TPSA) is 55.1 Å². The lowest BCUT2D eigenvalue weighted by Crippen LogP contribution is -2.39. The molecule has 2 bridgehead atoms. The number of hydrogen-bond donors (Lipinski definition) is 2. The quantitative estimate of drug-likeness (QED) is 0.862. The monoisotopic (exact) mass is 258 g/mol. The zero-order valence-electron chi connectivity index (χ0n) is 11.3. The van der Waals surface area contributed by atoms with Gasteiger partial charge >= 0.3 is 0 Å². The van der Waals surface area contributed by atoms with E-state index in [4.69, 9.17) is 5.73 Å². The Morgan fingerprint density at radius 2 is 1.74 bits per heavy atom. The highest BCUT2D eigenvalue weighted by molar-refractivity contribution is 5.73. The van der Waals surface area contributed by atoms with Gasteiger partial charge in [0.25, 0.3) is 0 Å². The number of rotatable bonds is 4. The molecule has 0 saturated heterocycles. The minimum atomic E-state index is -0.211. The summed E-state index contributed by atoms with van der Waals surface area (Å²) in [5.41, 5.74) is 8.26. The standard InChI is InChI=1S/C16H22N2O/c17-15(19)7-8-18-16-13-5-6-14(16)10-12-4-2-1-3-11(12)9-13/h1-4,13-14,16,18H,5-10H2,(H2,17,19). The van der Waals surface area contributed by atoms with Crippen molar-refractivity contribution < 1.29 is 4.79 Å². The van der Waals surface area contributed by atoms with Crippen molar-refractivity contribution in [2.45, 2.75) is 38.1 Å². The minimum Gasteiger partial charge on any atom is -0.370 e. The maximum Gasteiger partial charge on any atom is 0.218 e. The number of nitrogens with one attached hydrogen (secondary N) is 1. The van der Waals surface area contributed by atoms with Crippen molar-refractivity contribution >= 4 is 5.91 Å². The lowest BCUT2D eigenvalue weighted by Gasteiger charge is -2.23. The highest BCUT2D eigenvalue weighted by Gasteiger charge is 2.38. The van der Waals surface area contributed by atoms with Crippen molar-refractivity contribution in [3.63, 3.8) is 0 Å². The molecule has 1 aromatic carbocycles.